The van der Waals surface area contributed by atoms with Gasteiger partial charge in [0.05, 0.1) is 10.9 Å². The average molecular weight is 301 g/mol. The third-order valence-electron chi connectivity index (χ3n) is 4.11. The monoisotopic (exact) mass is 301 g/mol. The lowest BCUT2D eigenvalue weighted by Gasteiger charge is -2.23. The fraction of sp³-hybridized carbons (Fsp3) is 0.471. The summed E-state index contributed by atoms with van der Waals surface area (Å²) in [5.41, 5.74) is 0.577. The maximum absolute atomic E-state index is 12.0. The minimum atomic E-state index is -0.122. The molecule has 0 bridgehead atoms. The average Bonchev–Trinajstić information content (AvgIpc) is 2.53. The topological polar surface area (TPSA) is 66.1 Å². The third kappa shape index (κ3) is 3.72. The number of aromatic amines is 1. The molecule has 1 unspecified atom stereocenters. The smallest absolute Gasteiger partial charge is 0.258 e. The zero-order valence-electron chi connectivity index (χ0n) is 13.4. The van der Waals surface area contributed by atoms with Gasteiger partial charge in [-0.1, -0.05) is 19.1 Å². The van der Waals surface area contributed by atoms with E-state index in [4.69, 9.17) is 0 Å². The second kappa shape index (κ2) is 7.20. The van der Waals surface area contributed by atoms with Gasteiger partial charge in [0.2, 0.25) is 5.91 Å². The van der Waals surface area contributed by atoms with Crippen molar-refractivity contribution in [1.82, 2.24) is 14.9 Å². The van der Waals surface area contributed by atoms with Crippen molar-refractivity contribution in [3.8, 4) is 0 Å². The molecule has 118 valence electrons. The zero-order chi connectivity index (χ0) is 16.1. The van der Waals surface area contributed by atoms with E-state index in [1.54, 1.807) is 11.0 Å². The minimum Gasteiger partial charge on any atom is -0.343 e. The van der Waals surface area contributed by atoms with Gasteiger partial charge in [-0.3, -0.25) is 9.59 Å². The molecule has 1 aromatic carbocycles. The molecule has 22 heavy (non-hydrogen) atoms. The van der Waals surface area contributed by atoms with E-state index in [9.17, 15) is 9.59 Å². The summed E-state index contributed by atoms with van der Waals surface area (Å²) in [4.78, 5) is 33.0. The van der Waals surface area contributed by atoms with Gasteiger partial charge < -0.3 is 9.88 Å². The normalized spacial score (nSPS) is 12.3. The van der Waals surface area contributed by atoms with Gasteiger partial charge in [0.15, 0.2) is 0 Å². The summed E-state index contributed by atoms with van der Waals surface area (Å²) in [5, 5.41) is 0.596. The van der Waals surface area contributed by atoms with Crippen LogP contribution in [0.15, 0.2) is 29.1 Å². The molecule has 1 amide bonds. The number of benzene rings is 1. The van der Waals surface area contributed by atoms with Gasteiger partial charge in [-0.15, -0.1) is 0 Å². The molecule has 0 aliphatic rings. The molecule has 0 fully saturated rings. The van der Waals surface area contributed by atoms with Crippen LogP contribution in [0.4, 0.5) is 0 Å². The van der Waals surface area contributed by atoms with Crippen molar-refractivity contribution in [3.05, 3.63) is 40.4 Å². The molecular formula is C17H23N3O2. The molecule has 1 heterocycles. The van der Waals surface area contributed by atoms with Crippen LogP contribution < -0.4 is 5.56 Å². The predicted octanol–water partition coefficient (Wildman–Crippen LogP) is 2.50. The van der Waals surface area contributed by atoms with Gasteiger partial charge in [-0.05, 0) is 31.9 Å². The SMILES string of the molecule is CCC(C)N(C)C(=O)CCCc1nc2ccccc2c(=O)[nH]1. The first-order valence-corrected chi connectivity index (χ1v) is 7.76. The summed E-state index contributed by atoms with van der Waals surface area (Å²) in [7, 11) is 1.84. The number of carbonyl (C=O) groups is 1. The number of hydrogen-bond donors (Lipinski definition) is 1. The maximum atomic E-state index is 12.0. The summed E-state index contributed by atoms with van der Waals surface area (Å²) in [6, 6.07) is 7.53. The first-order valence-electron chi connectivity index (χ1n) is 7.76. The van der Waals surface area contributed by atoms with Crippen LogP contribution in [0.2, 0.25) is 0 Å². The lowest BCUT2D eigenvalue weighted by Crippen LogP contribution is -2.34. The quantitative estimate of drug-likeness (QED) is 0.891. The fourth-order valence-electron chi connectivity index (χ4n) is 2.36. The molecule has 0 spiro atoms. The Bertz CT molecular complexity index is 708. The van der Waals surface area contributed by atoms with Gasteiger partial charge in [0.25, 0.3) is 5.56 Å². The molecule has 0 saturated heterocycles. The third-order valence-corrected chi connectivity index (χ3v) is 4.11. The number of hydrogen-bond acceptors (Lipinski definition) is 3. The summed E-state index contributed by atoms with van der Waals surface area (Å²) in [6.45, 7) is 4.11. The Morgan fingerprint density at radius 1 is 1.36 bits per heavy atom. The standard InChI is InChI=1S/C17H23N3O2/c1-4-12(2)20(3)16(21)11-7-10-15-18-14-9-6-5-8-13(14)17(22)19-15/h5-6,8-9,12H,4,7,10-11H2,1-3H3,(H,18,19,22). The van der Waals surface area contributed by atoms with E-state index >= 15 is 0 Å². The van der Waals surface area contributed by atoms with Crippen molar-refractivity contribution < 1.29 is 4.79 Å². The first-order chi connectivity index (χ1) is 10.5. The number of H-pyrrole nitrogens is 1. The van der Waals surface area contributed by atoms with Crippen molar-refractivity contribution >= 4 is 16.8 Å². The molecule has 1 aromatic heterocycles. The summed E-state index contributed by atoms with van der Waals surface area (Å²) >= 11 is 0. The molecule has 0 saturated carbocycles. The van der Waals surface area contributed by atoms with E-state index in [-0.39, 0.29) is 17.5 Å². The fourth-order valence-corrected chi connectivity index (χ4v) is 2.36. The van der Waals surface area contributed by atoms with E-state index in [0.29, 0.717) is 36.0 Å². The van der Waals surface area contributed by atoms with E-state index < -0.39 is 0 Å². The van der Waals surface area contributed by atoms with Crippen LogP contribution in [0.1, 0.15) is 38.9 Å². The molecule has 0 aliphatic heterocycles. The second-order valence-corrected chi connectivity index (χ2v) is 5.65. The van der Waals surface area contributed by atoms with E-state index in [2.05, 4.69) is 16.9 Å². The Morgan fingerprint density at radius 3 is 2.82 bits per heavy atom. The molecular weight excluding hydrogens is 278 g/mol. The molecule has 2 rings (SSSR count). The highest BCUT2D eigenvalue weighted by atomic mass is 16.2. The van der Waals surface area contributed by atoms with Gasteiger partial charge in [-0.2, -0.15) is 0 Å². The van der Waals surface area contributed by atoms with Crippen LogP contribution in [-0.4, -0.2) is 33.9 Å². The van der Waals surface area contributed by atoms with Crippen molar-refractivity contribution in [2.45, 2.75) is 45.6 Å². The number of rotatable bonds is 6. The number of nitrogens with one attached hydrogen (secondary N) is 1. The molecule has 2 aromatic rings. The molecule has 1 atom stereocenters. The van der Waals surface area contributed by atoms with Crippen molar-refractivity contribution in [1.29, 1.82) is 0 Å². The molecule has 5 nitrogen and oxygen atoms in total. The lowest BCUT2D eigenvalue weighted by molar-refractivity contribution is -0.131. The number of aryl methyl sites for hydroxylation is 1. The van der Waals surface area contributed by atoms with Crippen molar-refractivity contribution in [2.75, 3.05) is 7.05 Å². The number of nitrogens with zero attached hydrogens (tertiary/aromatic N) is 2. The Hall–Kier alpha value is -2.17. The highest BCUT2D eigenvalue weighted by Crippen LogP contribution is 2.09. The van der Waals surface area contributed by atoms with Crippen LogP contribution in [0.3, 0.4) is 0 Å². The largest absolute Gasteiger partial charge is 0.343 e. The lowest BCUT2D eigenvalue weighted by atomic mass is 10.1. The number of amides is 1. The number of carbonyl (C=O) groups excluding carboxylic acids is 1. The summed E-state index contributed by atoms with van der Waals surface area (Å²) in [6.07, 6.45) is 2.69. The number of para-hydroxylation sites is 1. The van der Waals surface area contributed by atoms with Crippen LogP contribution in [0.25, 0.3) is 10.9 Å². The van der Waals surface area contributed by atoms with Crippen molar-refractivity contribution in [2.24, 2.45) is 0 Å². The minimum absolute atomic E-state index is 0.122. The summed E-state index contributed by atoms with van der Waals surface area (Å²) in [5.74, 6) is 0.778. The molecule has 5 heteroatoms. The van der Waals surface area contributed by atoms with Crippen LogP contribution >= 0.6 is 0 Å². The highest BCUT2D eigenvalue weighted by molar-refractivity contribution is 5.77. The van der Waals surface area contributed by atoms with Crippen LogP contribution in [0, 0.1) is 0 Å². The van der Waals surface area contributed by atoms with Gasteiger partial charge in [-0.25, -0.2) is 4.98 Å². The Labute approximate surface area is 130 Å². The van der Waals surface area contributed by atoms with E-state index in [1.165, 1.54) is 0 Å². The van der Waals surface area contributed by atoms with Gasteiger partial charge in [0, 0.05) is 25.9 Å². The number of fused-ring (bicyclic) bond motifs is 1. The Kier molecular flexibility index (Phi) is 5.31. The Balaban J connectivity index is 1.98. The zero-order valence-corrected chi connectivity index (χ0v) is 13.4. The predicted molar refractivity (Wildman–Crippen MR) is 87.8 cm³/mol. The highest BCUT2D eigenvalue weighted by Gasteiger charge is 2.13. The van der Waals surface area contributed by atoms with Crippen LogP contribution in [0.5, 0.6) is 0 Å². The van der Waals surface area contributed by atoms with Gasteiger partial charge in [0.1, 0.15) is 5.82 Å². The molecule has 1 N–H and O–H groups in total. The molecule has 0 aliphatic carbocycles. The first kappa shape index (κ1) is 16.2. The van der Waals surface area contributed by atoms with E-state index in [1.807, 2.05) is 32.2 Å². The molecule has 0 radical (unpaired) electrons. The van der Waals surface area contributed by atoms with Crippen molar-refractivity contribution in [3.63, 3.8) is 0 Å². The Morgan fingerprint density at radius 2 is 2.09 bits per heavy atom. The maximum Gasteiger partial charge on any atom is 0.258 e. The van der Waals surface area contributed by atoms with E-state index in [0.717, 1.165) is 6.42 Å². The number of aromatic nitrogens is 2. The van der Waals surface area contributed by atoms with Gasteiger partial charge >= 0.3 is 0 Å². The summed E-state index contributed by atoms with van der Waals surface area (Å²) < 4.78 is 0. The van der Waals surface area contributed by atoms with Crippen LogP contribution in [-0.2, 0) is 11.2 Å². The second-order valence-electron chi connectivity index (χ2n) is 5.65.